The molecule has 0 saturated carbocycles. The summed E-state index contributed by atoms with van der Waals surface area (Å²) in [6, 6.07) is 12.1. The van der Waals surface area contributed by atoms with Gasteiger partial charge in [0.15, 0.2) is 5.60 Å². The number of hydrogen-bond acceptors (Lipinski definition) is 6. The maximum Gasteiger partial charge on any atom is 0.323 e. The Bertz CT molecular complexity index is 1330. The van der Waals surface area contributed by atoms with Crippen LogP contribution in [0.3, 0.4) is 0 Å². The minimum absolute atomic E-state index is 0.107. The lowest BCUT2D eigenvalue weighted by Crippen LogP contribution is -2.51. The van der Waals surface area contributed by atoms with Gasteiger partial charge in [-0.1, -0.05) is 12.2 Å². The molecule has 35 heavy (non-hydrogen) atoms. The number of nitriles is 1. The number of alkyl halides is 2. The number of aromatic nitrogens is 1. The molecule has 2 aromatic carbocycles. The number of β-amino-alcohol motifs (C(OH)–C–C–N with tert-alkyl or cyclic N) is 1. The van der Waals surface area contributed by atoms with Crippen LogP contribution in [0, 0.1) is 23.0 Å². The SMILES string of the molecule is N#Cc1ccc(Oc2ccc(C(F)(F)C(O)(CN3N=CCC3=S)c3ccc(F)cc3F)nc2)cc1. The van der Waals surface area contributed by atoms with E-state index in [0.29, 0.717) is 17.4 Å². The Morgan fingerprint density at radius 2 is 1.80 bits per heavy atom. The van der Waals surface area contributed by atoms with Gasteiger partial charge >= 0.3 is 5.92 Å². The summed E-state index contributed by atoms with van der Waals surface area (Å²) in [6.07, 6.45) is 2.58. The molecule has 0 spiro atoms. The second-order valence-corrected chi connectivity index (χ2v) is 8.10. The number of hydrazone groups is 1. The van der Waals surface area contributed by atoms with Gasteiger partial charge in [0.1, 0.15) is 33.8 Å². The van der Waals surface area contributed by atoms with Crippen molar-refractivity contribution in [2.75, 3.05) is 6.54 Å². The Morgan fingerprint density at radius 1 is 1.09 bits per heavy atom. The minimum atomic E-state index is -4.16. The van der Waals surface area contributed by atoms with Crippen molar-refractivity contribution in [2.24, 2.45) is 5.10 Å². The van der Waals surface area contributed by atoms with E-state index < -0.39 is 41.0 Å². The molecule has 0 aliphatic carbocycles. The summed E-state index contributed by atoms with van der Waals surface area (Å²) in [5.74, 6) is -6.06. The maximum absolute atomic E-state index is 15.8. The second-order valence-electron chi connectivity index (χ2n) is 7.63. The number of rotatable bonds is 7. The zero-order chi connectivity index (χ0) is 25.2. The molecule has 3 aromatic rings. The molecule has 0 amide bonds. The number of aliphatic hydroxyl groups is 1. The molecule has 0 bridgehead atoms. The van der Waals surface area contributed by atoms with Crippen molar-refractivity contribution in [3.05, 3.63) is 89.2 Å². The third kappa shape index (κ3) is 4.71. The van der Waals surface area contributed by atoms with E-state index in [1.54, 1.807) is 0 Å². The highest BCUT2D eigenvalue weighted by Crippen LogP contribution is 2.46. The van der Waals surface area contributed by atoms with Crippen molar-refractivity contribution in [3.63, 3.8) is 0 Å². The van der Waals surface area contributed by atoms with Crippen molar-refractivity contribution < 1.29 is 27.4 Å². The molecule has 1 atom stereocenters. The fourth-order valence-corrected chi connectivity index (χ4v) is 3.67. The summed E-state index contributed by atoms with van der Waals surface area (Å²) in [5.41, 5.74) is -4.52. The lowest BCUT2D eigenvalue weighted by molar-refractivity contribution is -0.203. The van der Waals surface area contributed by atoms with Crippen LogP contribution in [0.5, 0.6) is 11.5 Å². The molecule has 1 aliphatic heterocycles. The maximum atomic E-state index is 15.8. The van der Waals surface area contributed by atoms with Crippen LogP contribution in [0.2, 0.25) is 0 Å². The van der Waals surface area contributed by atoms with Crippen LogP contribution >= 0.6 is 12.2 Å². The fraction of sp³-hybridized carbons (Fsp3) is 0.167. The normalized spacial score (nSPS) is 15.1. The highest BCUT2D eigenvalue weighted by Gasteiger charge is 2.58. The molecule has 1 aliphatic rings. The molecule has 0 fully saturated rings. The zero-order valence-corrected chi connectivity index (χ0v) is 18.6. The van der Waals surface area contributed by atoms with Gasteiger partial charge in [0.25, 0.3) is 0 Å². The molecule has 1 unspecified atom stereocenters. The summed E-state index contributed by atoms with van der Waals surface area (Å²) in [7, 11) is 0. The van der Waals surface area contributed by atoms with E-state index in [2.05, 4.69) is 10.1 Å². The van der Waals surface area contributed by atoms with Gasteiger partial charge in [0.05, 0.1) is 24.4 Å². The smallest absolute Gasteiger partial charge is 0.323 e. The number of pyridine rings is 1. The van der Waals surface area contributed by atoms with Gasteiger partial charge < -0.3 is 9.84 Å². The lowest BCUT2D eigenvalue weighted by atomic mass is 9.84. The van der Waals surface area contributed by atoms with Crippen molar-refractivity contribution in [1.82, 2.24) is 9.99 Å². The van der Waals surface area contributed by atoms with E-state index in [4.69, 9.17) is 22.2 Å². The molecule has 4 rings (SSSR count). The van der Waals surface area contributed by atoms with E-state index in [9.17, 15) is 13.9 Å². The van der Waals surface area contributed by atoms with Crippen LogP contribution < -0.4 is 4.74 Å². The van der Waals surface area contributed by atoms with Crippen LogP contribution in [-0.4, -0.2) is 32.8 Å². The van der Waals surface area contributed by atoms with Gasteiger partial charge in [0, 0.05) is 24.3 Å². The van der Waals surface area contributed by atoms with Gasteiger partial charge in [-0.15, -0.1) is 0 Å². The van der Waals surface area contributed by atoms with Gasteiger partial charge in [0.2, 0.25) is 0 Å². The first-order chi connectivity index (χ1) is 16.6. The van der Waals surface area contributed by atoms with Crippen LogP contribution in [0.25, 0.3) is 0 Å². The summed E-state index contributed by atoms with van der Waals surface area (Å²) in [4.78, 5) is 3.89. The predicted octanol–water partition coefficient (Wildman–Crippen LogP) is 5.02. The largest absolute Gasteiger partial charge is 0.456 e. The lowest BCUT2D eigenvalue weighted by Gasteiger charge is -2.38. The highest BCUT2D eigenvalue weighted by atomic mass is 32.1. The van der Waals surface area contributed by atoms with Crippen molar-refractivity contribution >= 4 is 23.4 Å². The van der Waals surface area contributed by atoms with E-state index in [-0.39, 0.29) is 17.2 Å². The third-order valence-electron chi connectivity index (χ3n) is 5.33. The molecule has 6 nitrogen and oxygen atoms in total. The zero-order valence-electron chi connectivity index (χ0n) is 17.8. The van der Waals surface area contributed by atoms with E-state index in [1.807, 2.05) is 6.07 Å². The monoisotopic (exact) mass is 500 g/mol. The number of ether oxygens (including phenoxy) is 1. The average Bonchev–Trinajstić information content (AvgIpc) is 3.23. The predicted molar refractivity (Wildman–Crippen MR) is 122 cm³/mol. The number of hydrogen-bond donors (Lipinski definition) is 1. The molecule has 1 N–H and O–H groups in total. The molecule has 0 radical (unpaired) electrons. The Labute approximate surface area is 202 Å². The summed E-state index contributed by atoms with van der Waals surface area (Å²) in [5, 5.41) is 25.0. The Kier molecular flexibility index (Phi) is 6.51. The Hall–Kier alpha value is -3.88. The van der Waals surface area contributed by atoms with Gasteiger partial charge in [-0.3, -0.25) is 9.99 Å². The molecule has 2 heterocycles. The first kappa shape index (κ1) is 24.3. The number of nitrogens with zero attached hydrogens (tertiary/aromatic N) is 4. The van der Waals surface area contributed by atoms with Crippen molar-refractivity contribution in [3.8, 4) is 17.6 Å². The summed E-state index contributed by atoms with van der Waals surface area (Å²) in [6.45, 7) is -0.900. The Balaban J connectivity index is 1.68. The standard InChI is InChI=1S/C24H16F4N4O2S/c25-16-3-7-19(20(26)11-16)23(33,14-32-22(35)9-10-31-32)24(27,28)21-8-6-18(13-30-21)34-17-4-1-15(12-29)2-5-17/h1-8,10-11,13,33H,9,14H2. The van der Waals surface area contributed by atoms with E-state index in [1.165, 1.54) is 36.5 Å². The minimum Gasteiger partial charge on any atom is -0.456 e. The van der Waals surface area contributed by atoms with Crippen LogP contribution in [0.15, 0.2) is 65.9 Å². The van der Waals surface area contributed by atoms with Gasteiger partial charge in [-0.25, -0.2) is 8.78 Å². The highest BCUT2D eigenvalue weighted by molar-refractivity contribution is 7.80. The summed E-state index contributed by atoms with van der Waals surface area (Å²) >= 11 is 5.09. The summed E-state index contributed by atoms with van der Waals surface area (Å²) < 4.78 is 65.3. The molecule has 11 heteroatoms. The molecule has 0 saturated heterocycles. The first-order valence-electron chi connectivity index (χ1n) is 10.2. The third-order valence-corrected chi connectivity index (χ3v) is 5.70. The quantitative estimate of drug-likeness (QED) is 0.362. The molecular weight excluding hydrogens is 484 g/mol. The van der Waals surface area contributed by atoms with E-state index >= 15 is 8.78 Å². The number of thiocarbonyl (C=S) groups is 1. The average molecular weight is 500 g/mol. The van der Waals surface area contributed by atoms with Gasteiger partial charge in [-0.05, 0) is 48.5 Å². The Morgan fingerprint density at radius 3 is 2.37 bits per heavy atom. The van der Waals surface area contributed by atoms with Crippen molar-refractivity contribution in [2.45, 2.75) is 17.9 Å². The van der Waals surface area contributed by atoms with Gasteiger partial charge in [-0.2, -0.15) is 19.1 Å². The van der Waals surface area contributed by atoms with Crippen molar-refractivity contribution in [1.29, 1.82) is 5.26 Å². The van der Waals surface area contributed by atoms with E-state index in [0.717, 1.165) is 29.4 Å². The second kappa shape index (κ2) is 9.40. The number of halogens is 4. The number of benzene rings is 2. The molecule has 1 aromatic heterocycles. The van der Waals surface area contributed by atoms with Crippen LogP contribution in [0.4, 0.5) is 17.6 Å². The molecular formula is C24H16F4N4O2S. The fourth-order valence-electron chi connectivity index (χ4n) is 3.48. The van der Waals surface area contributed by atoms with Crippen LogP contribution in [0.1, 0.15) is 23.2 Å². The molecule has 178 valence electrons. The first-order valence-corrected chi connectivity index (χ1v) is 10.6. The topological polar surface area (TPSA) is 81.7 Å². The van der Waals surface area contributed by atoms with Crippen LogP contribution in [-0.2, 0) is 11.5 Å².